The zero-order valence-electron chi connectivity index (χ0n) is 24.3. The molecule has 8 heteroatoms. The van der Waals surface area contributed by atoms with Crippen LogP contribution in [0.3, 0.4) is 0 Å². The molecule has 0 unspecified atom stereocenters. The van der Waals surface area contributed by atoms with E-state index < -0.39 is 30.9 Å². The molecule has 0 aliphatic carbocycles. The molecular formula is C32H45NO7. The normalized spacial score (nSPS) is 10.6. The average Bonchev–Trinajstić information content (AvgIpc) is 2.95. The minimum absolute atomic E-state index is 0.160. The van der Waals surface area contributed by atoms with Gasteiger partial charge in [-0.2, -0.15) is 0 Å². The van der Waals surface area contributed by atoms with Gasteiger partial charge in [-0.05, 0) is 44.0 Å². The Morgan fingerprint density at radius 3 is 1.90 bits per heavy atom. The van der Waals surface area contributed by atoms with Crippen LogP contribution in [-0.4, -0.2) is 55.7 Å². The van der Waals surface area contributed by atoms with E-state index >= 15 is 0 Å². The predicted molar refractivity (Wildman–Crippen MR) is 154 cm³/mol. The largest absolute Gasteiger partial charge is 0.494 e. The van der Waals surface area contributed by atoms with E-state index in [1.54, 1.807) is 32.0 Å². The van der Waals surface area contributed by atoms with Gasteiger partial charge in [-0.3, -0.25) is 14.4 Å². The van der Waals surface area contributed by atoms with E-state index in [-0.39, 0.29) is 25.4 Å². The van der Waals surface area contributed by atoms with E-state index in [0.717, 1.165) is 23.3 Å². The van der Waals surface area contributed by atoms with Crippen LogP contribution in [0, 0.1) is 0 Å². The molecule has 0 fully saturated rings. The van der Waals surface area contributed by atoms with Gasteiger partial charge in [0.1, 0.15) is 31.2 Å². The van der Waals surface area contributed by atoms with Gasteiger partial charge < -0.3 is 23.8 Å². The van der Waals surface area contributed by atoms with Crippen molar-refractivity contribution in [1.82, 2.24) is 4.90 Å². The molecule has 0 spiro atoms. The van der Waals surface area contributed by atoms with Gasteiger partial charge in [-0.25, -0.2) is 0 Å². The molecule has 0 saturated heterocycles. The van der Waals surface area contributed by atoms with Gasteiger partial charge in [0.05, 0.1) is 25.4 Å². The summed E-state index contributed by atoms with van der Waals surface area (Å²) in [4.78, 5) is 39.4. The van der Waals surface area contributed by atoms with E-state index in [4.69, 9.17) is 18.9 Å². The third kappa shape index (κ3) is 12.5. The first-order chi connectivity index (χ1) is 19.5. The maximum Gasteiger partial charge on any atom is 0.325 e. The number of ether oxygens (including phenoxy) is 4. The van der Waals surface area contributed by atoms with Crippen molar-refractivity contribution < 1.29 is 33.3 Å². The number of rotatable bonds is 20. The fourth-order valence-electron chi connectivity index (χ4n) is 4.15. The van der Waals surface area contributed by atoms with Crippen LogP contribution in [0.15, 0.2) is 48.5 Å². The summed E-state index contributed by atoms with van der Waals surface area (Å²) < 4.78 is 22.0. The highest BCUT2D eigenvalue weighted by atomic mass is 16.5. The lowest BCUT2D eigenvalue weighted by molar-refractivity contribution is -0.147. The van der Waals surface area contributed by atoms with Crippen LogP contribution in [0.1, 0.15) is 88.1 Å². The number of carbonyl (C=O) groups excluding carboxylic acids is 3. The smallest absolute Gasteiger partial charge is 0.325 e. The van der Waals surface area contributed by atoms with Crippen LogP contribution < -0.4 is 9.47 Å². The minimum atomic E-state index is -0.617. The second-order valence-corrected chi connectivity index (χ2v) is 9.53. The Hall–Kier alpha value is -3.55. The van der Waals surface area contributed by atoms with Crippen molar-refractivity contribution in [3.63, 3.8) is 0 Å². The molecule has 0 saturated carbocycles. The molecule has 2 rings (SSSR count). The van der Waals surface area contributed by atoms with Gasteiger partial charge >= 0.3 is 11.9 Å². The molecular weight excluding hydrogens is 510 g/mol. The molecule has 0 aliphatic rings. The number of benzene rings is 2. The monoisotopic (exact) mass is 555 g/mol. The Morgan fingerprint density at radius 1 is 0.700 bits per heavy atom. The van der Waals surface area contributed by atoms with Crippen molar-refractivity contribution in [2.24, 2.45) is 0 Å². The second-order valence-electron chi connectivity index (χ2n) is 9.53. The Balaban J connectivity index is 2.16. The van der Waals surface area contributed by atoms with E-state index in [0.29, 0.717) is 18.1 Å². The van der Waals surface area contributed by atoms with Crippen LogP contribution in [0.4, 0.5) is 0 Å². The lowest BCUT2D eigenvalue weighted by atomic mass is 10.1. The number of esters is 2. The van der Waals surface area contributed by atoms with Crippen LogP contribution in [-0.2, 0) is 25.7 Å². The van der Waals surface area contributed by atoms with Gasteiger partial charge in [0.25, 0.3) is 5.91 Å². The lowest BCUT2D eigenvalue weighted by Crippen LogP contribution is -2.40. The Morgan fingerprint density at radius 2 is 1.30 bits per heavy atom. The third-order valence-corrected chi connectivity index (χ3v) is 6.22. The summed E-state index contributed by atoms with van der Waals surface area (Å²) >= 11 is 0. The fourth-order valence-corrected chi connectivity index (χ4v) is 4.15. The van der Waals surface area contributed by atoms with Crippen molar-refractivity contribution >= 4 is 17.8 Å². The molecule has 40 heavy (non-hydrogen) atoms. The standard InChI is InChI=1S/C32H45NO7/c1-4-7-8-9-10-11-12-16-21-39-27-19-20-29(40-25-26-17-14-13-15-18-26)28(22-27)32(36)33(23-30(34)37-5-2)24-31(35)38-6-3/h13-15,17-20,22H,4-12,16,21,23-25H2,1-3H3. The number of carbonyl (C=O) groups is 3. The molecule has 0 heterocycles. The molecule has 2 aromatic rings. The van der Waals surface area contributed by atoms with Gasteiger partial charge in [-0.1, -0.05) is 82.2 Å². The van der Waals surface area contributed by atoms with Gasteiger partial charge in [-0.15, -0.1) is 0 Å². The van der Waals surface area contributed by atoms with Crippen LogP contribution in [0.5, 0.6) is 11.5 Å². The van der Waals surface area contributed by atoms with Gasteiger partial charge in [0.15, 0.2) is 0 Å². The number of unbranched alkanes of at least 4 members (excludes halogenated alkanes) is 7. The molecule has 2 aromatic carbocycles. The highest BCUT2D eigenvalue weighted by Crippen LogP contribution is 2.27. The number of amides is 1. The highest BCUT2D eigenvalue weighted by Gasteiger charge is 2.26. The molecule has 0 aliphatic heterocycles. The quantitative estimate of drug-likeness (QED) is 0.139. The van der Waals surface area contributed by atoms with Crippen molar-refractivity contribution in [3.8, 4) is 11.5 Å². The number of hydrogen-bond acceptors (Lipinski definition) is 7. The van der Waals surface area contributed by atoms with Crippen LogP contribution >= 0.6 is 0 Å². The summed E-state index contributed by atoms with van der Waals surface area (Å²) in [5.41, 5.74) is 1.13. The molecule has 0 N–H and O–H groups in total. The van der Waals surface area contributed by atoms with Gasteiger partial charge in [0.2, 0.25) is 0 Å². The second kappa shape index (κ2) is 19.5. The Kier molecular flexibility index (Phi) is 15.9. The van der Waals surface area contributed by atoms with E-state index in [1.807, 2.05) is 30.3 Å². The summed E-state index contributed by atoms with van der Waals surface area (Å²) in [6.45, 7) is 5.88. The average molecular weight is 556 g/mol. The molecule has 220 valence electrons. The molecule has 0 bridgehead atoms. The fraction of sp³-hybridized carbons (Fsp3) is 0.531. The lowest BCUT2D eigenvalue weighted by Gasteiger charge is -2.22. The predicted octanol–water partition coefficient (Wildman–Crippen LogP) is 6.35. The summed E-state index contributed by atoms with van der Waals surface area (Å²) in [7, 11) is 0. The molecule has 1 amide bonds. The SMILES string of the molecule is CCCCCCCCCCOc1ccc(OCc2ccccc2)c(C(=O)N(CC(=O)OCC)CC(=O)OCC)c1. The van der Waals surface area contributed by atoms with Crippen molar-refractivity contribution in [2.75, 3.05) is 32.9 Å². The van der Waals surface area contributed by atoms with Crippen molar-refractivity contribution in [2.45, 2.75) is 78.7 Å². The van der Waals surface area contributed by atoms with Gasteiger partial charge in [0, 0.05) is 0 Å². The maximum atomic E-state index is 13.7. The van der Waals surface area contributed by atoms with E-state index in [9.17, 15) is 14.4 Å². The summed E-state index contributed by atoms with van der Waals surface area (Å²) in [5.74, 6) is -0.943. The van der Waals surface area contributed by atoms with E-state index in [2.05, 4.69) is 6.92 Å². The van der Waals surface area contributed by atoms with Crippen molar-refractivity contribution in [1.29, 1.82) is 0 Å². The summed E-state index contributed by atoms with van der Waals surface area (Å²) in [6.07, 6.45) is 9.54. The highest BCUT2D eigenvalue weighted by molar-refractivity contribution is 6.00. The number of nitrogens with zero attached hydrogens (tertiary/aromatic N) is 1. The zero-order valence-corrected chi connectivity index (χ0v) is 24.3. The number of hydrogen-bond donors (Lipinski definition) is 0. The van der Waals surface area contributed by atoms with Crippen molar-refractivity contribution in [3.05, 3.63) is 59.7 Å². The summed E-state index contributed by atoms with van der Waals surface area (Å²) in [5, 5.41) is 0. The van der Waals surface area contributed by atoms with E-state index in [1.165, 1.54) is 38.5 Å². The van der Waals surface area contributed by atoms with Crippen LogP contribution in [0.25, 0.3) is 0 Å². The first-order valence-corrected chi connectivity index (χ1v) is 14.5. The summed E-state index contributed by atoms with van der Waals surface area (Å²) in [6, 6.07) is 14.7. The van der Waals surface area contributed by atoms with Crippen LogP contribution in [0.2, 0.25) is 0 Å². The molecule has 8 nitrogen and oxygen atoms in total. The third-order valence-electron chi connectivity index (χ3n) is 6.22. The topological polar surface area (TPSA) is 91.4 Å². The minimum Gasteiger partial charge on any atom is -0.494 e. The first kappa shape index (κ1) is 32.7. The molecule has 0 atom stereocenters. The zero-order chi connectivity index (χ0) is 29.0. The molecule has 0 radical (unpaired) electrons. The Labute approximate surface area is 238 Å². The Bertz CT molecular complexity index is 1010. The molecule has 0 aromatic heterocycles. The maximum absolute atomic E-state index is 13.7. The first-order valence-electron chi connectivity index (χ1n) is 14.5.